The maximum atomic E-state index is 12.3. The monoisotopic (exact) mass is 431 g/mol. The van der Waals surface area contributed by atoms with Crippen LogP contribution in [0.5, 0.6) is 11.5 Å². The molecule has 3 rings (SSSR count). The summed E-state index contributed by atoms with van der Waals surface area (Å²) in [6.45, 7) is 6.61. The lowest BCUT2D eigenvalue weighted by Gasteiger charge is -2.20. The van der Waals surface area contributed by atoms with E-state index in [1.54, 1.807) is 37.6 Å². The second-order valence-electron chi connectivity index (χ2n) is 7.13. The molecule has 0 aliphatic rings. The molecule has 1 N–H and O–H groups in total. The Balaban J connectivity index is 1.51. The summed E-state index contributed by atoms with van der Waals surface area (Å²) in [5.74, 6) is 1.19. The minimum absolute atomic E-state index is 0.277. The lowest BCUT2D eigenvalue weighted by molar-refractivity contribution is 0.0955. The number of benzene rings is 3. The maximum Gasteiger partial charge on any atom is 0.271 e. The molecule has 166 valence electrons. The van der Waals surface area contributed by atoms with E-state index in [9.17, 15) is 4.79 Å². The van der Waals surface area contributed by atoms with Gasteiger partial charge in [-0.3, -0.25) is 4.79 Å². The topological polar surface area (TPSA) is 63.2 Å². The van der Waals surface area contributed by atoms with Gasteiger partial charge in [0.25, 0.3) is 5.91 Å². The quantitative estimate of drug-likeness (QED) is 0.367. The molecule has 0 saturated heterocycles. The Labute approximate surface area is 189 Å². The van der Waals surface area contributed by atoms with E-state index < -0.39 is 0 Å². The number of nitrogens with one attached hydrogen (secondary N) is 1. The minimum Gasteiger partial charge on any atom is -0.497 e. The fourth-order valence-electron chi connectivity index (χ4n) is 3.22. The van der Waals surface area contributed by atoms with Crippen LogP contribution in [0.15, 0.2) is 77.9 Å². The van der Waals surface area contributed by atoms with Crippen LogP contribution >= 0.6 is 0 Å². The third-order valence-electron chi connectivity index (χ3n) is 5.06. The average molecular weight is 432 g/mol. The Morgan fingerprint density at radius 1 is 0.969 bits per heavy atom. The van der Waals surface area contributed by atoms with Crippen LogP contribution in [0.25, 0.3) is 0 Å². The van der Waals surface area contributed by atoms with Crippen LogP contribution in [-0.4, -0.2) is 32.3 Å². The molecule has 32 heavy (non-hydrogen) atoms. The highest BCUT2D eigenvalue weighted by molar-refractivity contribution is 5.95. The Hall–Kier alpha value is -3.80. The van der Waals surface area contributed by atoms with Crippen molar-refractivity contribution in [3.8, 4) is 11.5 Å². The van der Waals surface area contributed by atoms with Gasteiger partial charge in [-0.25, -0.2) is 5.43 Å². The molecule has 0 unspecified atom stereocenters. The molecule has 6 nitrogen and oxygen atoms in total. The van der Waals surface area contributed by atoms with Gasteiger partial charge in [-0.2, -0.15) is 5.10 Å². The number of amides is 1. The lowest BCUT2D eigenvalue weighted by atomic mass is 10.2. The van der Waals surface area contributed by atoms with Crippen LogP contribution in [0.2, 0.25) is 0 Å². The summed E-state index contributed by atoms with van der Waals surface area (Å²) in [6, 6.07) is 22.8. The second-order valence-corrected chi connectivity index (χ2v) is 7.13. The maximum absolute atomic E-state index is 12.3. The van der Waals surface area contributed by atoms with Crippen LogP contribution in [0.3, 0.4) is 0 Å². The van der Waals surface area contributed by atoms with E-state index in [1.165, 1.54) is 5.69 Å². The highest BCUT2D eigenvalue weighted by atomic mass is 16.5. The number of ether oxygens (including phenoxy) is 2. The summed E-state index contributed by atoms with van der Waals surface area (Å²) in [5, 5.41) is 4.07. The van der Waals surface area contributed by atoms with Gasteiger partial charge in [-0.05, 0) is 73.5 Å². The number of methoxy groups -OCH3 is 1. The van der Waals surface area contributed by atoms with Crippen LogP contribution in [-0.2, 0) is 6.61 Å². The fourth-order valence-corrected chi connectivity index (χ4v) is 3.22. The van der Waals surface area contributed by atoms with Gasteiger partial charge in [0.05, 0.1) is 13.3 Å². The fraction of sp³-hybridized carbons (Fsp3) is 0.231. The number of carbonyl (C=O) groups excluding carboxylic acids is 1. The van der Waals surface area contributed by atoms with E-state index in [2.05, 4.69) is 41.4 Å². The Morgan fingerprint density at radius 2 is 1.69 bits per heavy atom. The molecule has 0 radical (unpaired) electrons. The Kier molecular flexibility index (Phi) is 8.26. The highest BCUT2D eigenvalue weighted by Gasteiger charge is 2.05. The number of hydrazone groups is 1. The van der Waals surface area contributed by atoms with Gasteiger partial charge >= 0.3 is 0 Å². The van der Waals surface area contributed by atoms with Crippen molar-refractivity contribution in [3.63, 3.8) is 0 Å². The molecule has 0 aliphatic carbocycles. The summed E-state index contributed by atoms with van der Waals surface area (Å²) in [6.07, 6.45) is 1.63. The predicted octanol–water partition coefficient (Wildman–Crippen LogP) is 4.88. The number of anilines is 1. The molecule has 0 saturated carbocycles. The summed E-state index contributed by atoms with van der Waals surface area (Å²) in [7, 11) is 1.64. The summed E-state index contributed by atoms with van der Waals surface area (Å²) in [4.78, 5) is 14.6. The Morgan fingerprint density at radius 3 is 2.34 bits per heavy atom. The van der Waals surface area contributed by atoms with Gasteiger partial charge in [-0.15, -0.1) is 0 Å². The number of rotatable bonds is 10. The van der Waals surface area contributed by atoms with Crippen LogP contribution < -0.4 is 19.8 Å². The van der Waals surface area contributed by atoms with Crippen LogP contribution in [0.1, 0.15) is 35.3 Å². The van der Waals surface area contributed by atoms with Crippen molar-refractivity contribution in [1.29, 1.82) is 0 Å². The first-order chi connectivity index (χ1) is 15.6. The standard InChI is InChI=1S/C26H29N3O3/c1-4-29(5-2)23-13-9-20(10-14-23)18-27-28-26(30)22-11-15-24(16-12-22)32-19-21-7-6-8-25(17-21)31-3/h6-18H,4-5,19H2,1-3H3,(H,28,30). The van der Waals surface area contributed by atoms with E-state index in [0.29, 0.717) is 17.9 Å². The molecule has 6 heteroatoms. The molecule has 3 aromatic rings. The van der Waals surface area contributed by atoms with Crippen molar-refractivity contribution in [1.82, 2.24) is 5.43 Å². The smallest absolute Gasteiger partial charge is 0.271 e. The number of hydrogen-bond donors (Lipinski definition) is 1. The van der Waals surface area contributed by atoms with E-state index in [1.807, 2.05) is 36.4 Å². The highest BCUT2D eigenvalue weighted by Crippen LogP contribution is 2.17. The van der Waals surface area contributed by atoms with Crippen molar-refractivity contribution < 1.29 is 14.3 Å². The molecule has 0 aromatic heterocycles. The van der Waals surface area contributed by atoms with Crippen LogP contribution in [0, 0.1) is 0 Å². The van der Waals surface area contributed by atoms with Gasteiger partial charge in [-0.1, -0.05) is 24.3 Å². The van der Waals surface area contributed by atoms with Gasteiger partial charge in [0.1, 0.15) is 18.1 Å². The third-order valence-corrected chi connectivity index (χ3v) is 5.06. The van der Waals surface area contributed by atoms with E-state index >= 15 is 0 Å². The zero-order valence-electron chi connectivity index (χ0n) is 18.7. The zero-order chi connectivity index (χ0) is 22.8. The molecule has 1 amide bonds. The predicted molar refractivity (Wildman–Crippen MR) is 129 cm³/mol. The minimum atomic E-state index is -0.277. The van der Waals surface area contributed by atoms with Gasteiger partial charge in [0.2, 0.25) is 0 Å². The van der Waals surface area contributed by atoms with Crippen molar-refractivity contribution in [3.05, 3.63) is 89.5 Å². The summed E-state index contributed by atoms with van der Waals surface area (Å²) >= 11 is 0. The average Bonchev–Trinajstić information content (AvgIpc) is 2.85. The molecule has 0 atom stereocenters. The largest absolute Gasteiger partial charge is 0.497 e. The molecule has 0 aliphatic heterocycles. The first-order valence-corrected chi connectivity index (χ1v) is 10.7. The molecular formula is C26H29N3O3. The van der Waals surface area contributed by atoms with Crippen LogP contribution in [0.4, 0.5) is 5.69 Å². The van der Waals surface area contributed by atoms with Crippen molar-refractivity contribution in [2.45, 2.75) is 20.5 Å². The number of nitrogens with zero attached hydrogens (tertiary/aromatic N) is 2. The molecular weight excluding hydrogens is 402 g/mol. The Bertz CT molecular complexity index is 1030. The third kappa shape index (κ3) is 6.35. The second kappa shape index (κ2) is 11.6. The molecule has 0 fully saturated rings. The van der Waals surface area contributed by atoms with E-state index in [4.69, 9.17) is 9.47 Å². The van der Waals surface area contributed by atoms with Gasteiger partial charge in [0, 0.05) is 24.3 Å². The van der Waals surface area contributed by atoms with Gasteiger partial charge in [0.15, 0.2) is 0 Å². The first-order valence-electron chi connectivity index (χ1n) is 10.7. The summed E-state index contributed by atoms with van der Waals surface area (Å²) in [5.41, 5.74) is 6.17. The summed E-state index contributed by atoms with van der Waals surface area (Å²) < 4.78 is 11.0. The molecule has 0 bridgehead atoms. The SMILES string of the molecule is CCN(CC)c1ccc(C=NNC(=O)c2ccc(OCc3cccc(OC)c3)cc2)cc1. The van der Waals surface area contributed by atoms with Crippen molar-refractivity contribution >= 4 is 17.8 Å². The van der Waals surface area contributed by atoms with E-state index in [-0.39, 0.29) is 5.91 Å². The van der Waals surface area contributed by atoms with E-state index in [0.717, 1.165) is 30.0 Å². The molecule has 3 aromatic carbocycles. The molecule has 0 spiro atoms. The number of carbonyl (C=O) groups is 1. The van der Waals surface area contributed by atoms with Gasteiger partial charge < -0.3 is 14.4 Å². The number of hydrogen-bond acceptors (Lipinski definition) is 5. The molecule has 0 heterocycles. The normalized spacial score (nSPS) is 10.7. The van der Waals surface area contributed by atoms with Crippen molar-refractivity contribution in [2.24, 2.45) is 5.10 Å². The first kappa shape index (κ1) is 22.9. The lowest BCUT2D eigenvalue weighted by Crippen LogP contribution is -2.21. The van der Waals surface area contributed by atoms with Crippen molar-refractivity contribution in [2.75, 3.05) is 25.1 Å². The zero-order valence-corrected chi connectivity index (χ0v) is 18.7.